The van der Waals surface area contributed by atoms with Gasteiger partial charge < -0.3 is 5.73 Å². The van der Waals surface area contributed by atoms with Crippen LogP contribution in [0.15, 0.2) is 27.5 Å². The Morgan fingerprint density at radius 3 is 3.09 bits per heavy atom. The standard InChI is InChI=1S/C6H7N3S2/c7-4-1-2-5-6(3-4)10-11(8)9-5/h1-3H,7H2,(H2,8,9). The van der Waals surface area contributed by atoms with Crippen molar-refractivity contribution < 1.29 is 0 Å². The van der Waals surface area contributed by atoms with Crippen LogP contribution in [0.25, 0.3) is 0 Å². The van der Waals surface area contributed by atoms with Crippen molar-refractivity contribution in [1.82, 2.24) is 0 Å². The van der Waals surface area contributed by atoms with Gasteiger partial charge in [-0.15, -0.1) is 0 Å². The van der Waals surface area contributed by atoms with E-state index in [4.69, 9.17) is 10.9 Å². The predicted molar refractivity (Wildman–Crippen MR) is 50.4 cm³/mol. The topological polar surface area (TPSA) is 64.4 Å². The summed E-state index contributed by atoms with van der Waals surface area (Å²) in [5, 5.41) is 5.62. The van der Waals surface area contributed by atoms with Crippen LogP contribution in [0.5, 0.6) is 0 Å². The van der Waals surface area contributed by atoms with E-state index >= 15 is 0 Å². The molecule has 0 bridgehead atoms. The highest BCUT2D eigenvalue weighted by molar-refractivity contribution is 8.69. The van der Waals surface area contributed by atoms with E-state index in [9.17, 15) is 0 Å². The molecule has 4 N–H and O–H groups in total. The molecule has 11 heavy (non-hydrogen) atoms. The van der Waals surface area contributed by atoms with Crippen LogP contribution in [0.1, 0.15) is 0 Å². The van der Waals surface area contributed by atoms with Crippen LogP contribution < -0.4 is 10.9 Å². The van der Waals surface area contributed by atoms with Crippen LogP contribution in [0.4, 0.5) is 11.4 Å². The normalized spacial score (nSPS) is 21.0. The van der Waals surface area contributed by atoms with E-state index in [0.717, 1.165) is 16.3 Å². The smallest absolute Gasteiger partial charge is 0.0874 e. The van der Waals surface area contributed by atoms with E-state index in [1.165, 1.54) is 0 Å². The lowest BCUT2D eigenvalue weighted by Gasteiger charge is -1.95. The zero-order valence-corrected chi connectivity index (χ0v) is 7.28. The Labute approximate surface area is 70.8 Å². The van der Waals surface area contributed by atoms with Crippen LogP contribution >= 0.6 is 10.8 Å². The molecule has 5 heteroatoms. The summed E-state index contributed by atoms with van der Waals surface area (Å²) >= 11 is 0. The summed E-state index contributed by atoms with van der Waals surface area (Å²) in [6.07, 6.45) is 0. The number of rotatable bonds is 0. The summed E-state index contributed by atoms with van der Waals surface area (Å²) in [6.45, 7) is 0. The van der Waals surface area contributed by atoms with Gasteiger partial charge in [0.2, 0.25) is 0 Å². The van der Waals surface area contributed by atoms with E-state index in [2.05, 4.69) is 4.36 Å². The van der Waals surface area contributed by atoms with Gasteiger partial charge in [-0.2, -0.15) is 0 Å². The van der Waals surface area contributed by atoms with Gasteiger partial charge in [0.15, 0.2) is 0 Å². The van der Waals surface area contributed by atoms with Crippen molar-refractivity contribution in [2.75, 3.05) is 5.73 Å². The molecule has 1 unspecified atom stereocenters. The Hall–Kier alpha value is -0.520. The van der Waals surface area contributed by atoms with Crippen LogP contribution in [0.3, 0.4) is 0 Å². The lowest BCUT2D eigenvalue weighted by Crippen LogP contribution is -1.90. The highest BCUT2D eigenvalue weighted by atomic mass is 33.1. The molecule has 0 fully saturated rings. The molecule has 1 aromatic carbocycles. The molecule has 0 saturated heterocycles. The van der Waals surface area contributed by atoms with E-state index in [-0.39, 0.29) is 0 Å². The van der Waals surface area contributed by atoms with Gasteiger partial charge in [-0.3, -0.25) is 5.14 Å². The maximum Gasteiger partial charge on any atom is 0.0874 e. The minimum Gasteiger partial charge on any atom is -0.399 e. The van der Waals surface area contributed by atoms with Crippen molar-refractivity contribution in [2.24, 2.45) is 9.50 Å². The van der Waals surface area contributed by atoms with Gasteiger partial charge >= 0.3 is 0 Å². The summed E-state index contributed by atoms with van der Waals surface area (Å²) in [5.74, 6) is 0. The number of hydrogen-bond acceptors (Lipinski definition) is 4. The Kier molecular flexibility index (Phi) is 1.63. The van der Waals surface area contributed by atoms with Gasteiger partial charge in [0.05, 0.1) is 5.69 Å². The molecule has 0 saturated carbocycles. The zero-order chi connectivity index (χ0) is 7.84. The molecule has 0 spiro atoms. The molecule has 1 aromatic rings. The Morgan fingerprint density at radius 2 is 2.27 bits per heavy atom. The minimum atomic E-state index is -0.391. The maximum absolute atomic E-state index is 5.62. The van der Waals surface area contributed by atoms with Crippen LogP contribution in [0, 0.1) is 0 Å². The zero-order valence-electron chi connectivity index (χ0n) is 5.65. The second kappa shape index (κ2) is 2.51. The largest absolute Gasteiger partial charge is 0.399 e. The van der Waals surface area contributed by atoms with Gasteiger partial charge in [0, 0.05) is 20.5 Å². The molecule has 1 aliphatic rings. The number of nitrogens with zero attached hydrogens (tertiary/aromatic N) is 1. The Morgan fingerprint density at radius 1 is 1.45 bits per heavy atom. The van der Waals surface area contributed by atoms with Crippen molar-refractivity contribution in [1.29, 1.82) is 0 Å². The maximum atomic E-state index is 5.62. The molecule has 1 aliphatic heterocycles. The third-order valence-electron chi connectivity index (χ3n) is 1.35. The fraction of sp³-hybridized carbons (Fsp3) is 0. The molecule has 0 radical (unpaired) electrons. The summed E-state index contributed by atoms with van der Waals surface area (Å²) in [7, 11) is 1.17. The van der Waals surface area contributed by atoms with Gasteiger partial charge in [0.1, 0.15) is 0 Å². The molecule has 1 atom stereocenters. The van der Waals surface area contributed by atoms with Crippen molar-refractivity contribution in [3.05, 3.63) is 18.2 Å². The first kappa shape index (κ1) is 7.15. The summed E-state index contributed by atoms with van der Waals surface area (Å²) in [4.78, 5) is 1.09. The molecule has 0 aliphatic carbocycles. The highest BCUT2D eigenvalue weighted by Gasteiger charge is 2.11. The minimum absolute atomic E-state index is 0.391. The third-order valence-corrected chi connectivity index (χ3v) is 3.68. The Bertz CT molecular complexity index is 335. The third kappa shape index (κ3) is 1.26. The molecular formula is C6H7N3S2. The predicted octanol–water partition coefficient (Wildman–Crippen LogP) is 1.60. The number of nitrogens with two attached hydrogens (primary N) is 2. The summed E-state index contributed by atoms with van der Waals surface area (Å²) in [6, 6.07) is 5.65. The highest BCUT2D eigenvalue weighted by Crippen LogP contribution is 2.39. The monoisotopic (exact) mass is 185 g/mol. The van der Waals surface area contributed by atoms with Gasteiger partial charge in [-0.05, 0) is 29.0 Å². The van der Waals surface area contributed by atoms with E-state index in [0.29, 0.717) is 0 Å². The molecule has 3 nitrogen and oxygen atoms in total. The Balaban J connectivity index is 2.52. The van der Waals surface area contributed by atoms with Gasteiger partial charge in [0.25, 0.3) is 0 Å². The molecule has 0 aromatic heterocycles. The first-order chi connectivity index (χ1) is 5.25. The lowest BCUT2D eigenvalue weighted by atomic mass is 10.3. The lowest BCUT2D eigenvalue weighted by molar-refractivity contribution is 1.42. The number of fused-ring (bicyclic) bond motifs is 1. The van der Waals surface area contributed by atoms with Crippen LogP contribution in [0.2, 0.25) is 0 Å². The first-order valence-corrected chi connectivity index (χ1v) is 5.62. The first-order valence-electron chi connectivity index (χ1n) is 3.04. The second-order valence-electron chi connectivity index (χ2n) is 2.18. The SMILES string of the molecule is Nc1ccc2c(c1)SS(N)=N2. The van der Waals surface area contributed by atoms with Crippen molar-refractivity contribution >= 4 is 32.1 Å². The van der Waals surface area contributed by atoms with Crippen molar-refractivity contribution in [2.45, 2.75) is 4.90 Å². The summed E-state index contributed by atoms with van der Waals surface area (Å²) in [5.41, 5.74) is 7.32. The van der Waals surface area contributed by atoms with E-state index in [1.54, 1.807) is 10.8 Å². The average molecular weight is 185 g/mol. The molecule has 0 amide bonds. The number of benzene rings is 1. The molecule has 1 heterocycles. The van der Waals surface area contributed by atoms with E-state index < -0.39 is 9.91 Å². The van der Waals surface area contributed by atoms with Gasteiger partial charge in [-0.1, -0.05) is 0 Å². The van der Waals surface area contributed by atoms with Crippen LogP contribution in [-0.4, -0.2) is 0 Å². The molecule has 58 valence electrons. The van der Waals surface area contributed by atoms with Crippen molar-refractivity contribution in [3.63, 3.8) is 0 Å². The number of anilines is 1. The quantitative estimate of drug-likeness (QED) is 0.476. The van der Waals surface area contributed by atoms with E-state index in [1.807, 2.05) is 18.2 Å². The van der Waals surface area contributed by atoms with Crippen LogP contribution in [-0.2, 0) is 9.91 Å². The average Bonchev–Trinajstić information content (AvgIpc) is 2.27. The molecule has 2 rings (SSSR count). The molecular weight excluding hydrogens is 178 g/mol. The fourth-order valence-electron chi connectivity index (χ4n) is 0.880. The fourth-order valence-corrected chi connectivity index (χ4v) is 3.20. The van der Waals surface area contributed by atoms with Gasteiger partial charge in [-0.25, -0.2) is 4.36 Å². The number of hydrogen-bond donors (Lipinski definition) is 2. The second-order valence-corrected chi connectivity index (χ2v) is 5.04. The summed E-state index contributed by atoms with van der Waals surface area (Å²) < 4.78 is 4.21. The number of nitrogen functional groups attached to an aromatic ring is 1. The van der Waals surface area contributed by atoms with Crippen molar-refractivity contribution in [3.8, 4) is 0 Å².